The average Bonchev–Trinajstić information content (AvgIpc) is 3.03. The van der Waals surface area contributed by atoms with E-state index in [1.807, 2.05) is 0 Å². The number of aromatic carboxylic acids is 1. The first-order chi connectivity index (χ1) is 11.8. The number of rotatable bonds is 4. The van der Waals surface area contributed by atoms with Crippen molar-refractivity contribution in [3.05, 3.63) is 75.6 Å². The minimum atomic E-state index is -4.37. The lowest BCUT2D eigenvalue weighted by Crippen LogP contribution is -2.05. The Hall–Kier alpha value is -2.67. The highest BCUT2D eigenvalue weighted by Gasteiger charge is 2.30. The zero-order valence-electron chi connectivity index (χ0n) is 12.7. The lowest BCUT2D eigenvalue weighted by Gasteiger charge is -2.07. The molecule has 1 aromatic heterocycles. The number of carboxylic acid groups (broad SMARTS) is 1. The summed E-state index contributed by atoms with van der Waals surface area (Å²) < 4.78 is 38.3. The summed E-state index contributed by atoms with van der Waals surface area (Å²) in [5, 5.41) is 11.5. The van der Waals surface area contributed by atoms with Crippen LogP contribution in [0.5, 0.6) is 0 Å². The van der Waals surface area contributed by atoms with Crippen LogP contribution < -0.4 is 0 Å². The number of carboxylic acids is 1. The van der Waals surface area contributed by atoms with Crippen molar-refractivity contribution in [2.45, 2.75) is 12.6 Å². The van der Waals surface area contributed by atoms with E-state index >= 15 is 0 Å². The first kappa shape index (κ1) is 17.2. The van der Waals surface area contributed by atoms with Crippen LogP contribution in [-0.4, -0.2) is 16.1 Å². The lowest BCUT2D eigenvalue weighted by molar-refractivity contribution is -0.137. The molecule has 128 valence electrons. The summed E-state index contributed by atoms with van der Waals surface area (Å²) >= 11 is 1.33. The van der Waals surface area contributed by atoms with Crippen LogP contribution in [-0.2, 0) is 12.6 Å². The highest BCUT2D eigenvalue weighted by Crippen LogP contribution is 2.30. The van der Waals surface area contributed by atoms with E-state index in [1.54, 1.807) is 23.6 Å². The molecular formula is C18H12F3NO2S. The molecule has 25 heavy (non-hydrogen) atoms. The lowest BCUT2D eigenvalue weighted by atomic mass is 10.1. The molecule has 0 radical (unpaired) electrons. The van der Waals surface area contributed by atoms with Crippen molar-refractivity contribution in [3.8, 4) is 11.3 Å². The molecule has 0 aliphatic heterocycles. The molecular weight excluding hydrogens is 351 g/mol. The second-order valence-corrected chi connectivity index (χ2v) is 6.33. The number of aromatic nitrogens is 1. The number of carbonyl (C=O) groups is 1. The van der Waals surface area contributed by atoms with Gasteiger partial charge in [0.2, 0.25) is 0 Å². The molecule has 0 bridgehead atoms. The molecule has 0 atom stereocenters. The van der Waals surface area contributed by atoms with Gasteiger partial charge in [0, 0.05) is 17.4 Å². The fourth-order valence-corrected chi connectivity index (χ4v) is 3.21. The van der Waals surface area contributed by atoms with Gasteiger partial charge in [-0.25, -0.2) is 9.78 Å². The summed E-state index contributed by atoms with van der Waals surface area (Å²) in [4.78, 5) is 15.4. The molecule has 0 fully saturated rings. The molecule has 3 nitrogen and oxygen atoms in total. The van der Waals surface area contributed by atoms with Crippen molar-refractivity contribution in [3.63, 3.8) is 0 Å². The van der Waals surface area contributed by atoms with Gasteiger partial charge in [0.15, 0.2) is 0 Å². The first-order valence-electron chi connectivity index (χ1n) is 7.27. The third-order valence-electron chi connectivity index (χ3n) is 3.57. The number of nitrogens with zero attached hydrogens (tertiary/aromatic N) is 1. The Bertz CT molecular complexity index is 918. The number of benzene rings is 2. The summed E-state index contributed by atoms with van der Waals surface area (Å²) in [6.07, 6.45) is -4.09. The molecule has 0 spiro atoms. The summed E-state index contributed by atoms with van der Waals surface area (Å²) in [6, 6.07) is 11.5. The van der Waals surface area contributed by atoms with Crippen molar-refractivity contribution < 1.29 is 23.1 Å². The van der Waals surface area contributed by atoms with Gasteiger partial charge in [-0.15, -0.1) is 11.3 Å². The molecule has 0 aliphatic rings. The van der Waals surface area contributed by atoms with Crippen LogP contribution in [0.25, 0.3) is 11.3 Å². The molecule has 1 heterocycles. The summed E-state index contributed by atoms with van der Waals surface area (Å²) in [6.45, 7) is 0. The molecule has 1 N–H and O–H groups in total. The Morgan fingerprint density at radius 2 is 1.88 bits per heavy atom. The van der Waals surface area contributed by atoms with E-state index in [-0.39, 0.29) is 12.0 Å². The standard InChI is InChI=1S/C18H12F3NO2S/c19-18(20,21)14-6-1-3-11(7-14)8-16-22-15(10-25-16)12-4-2-5-13(9-12)17(23)24/h1-7,9-10H,8H2,(H,23,24). The van der Waals surface area contributed by atoms with Gasteiger partial charge >= 0.3 is 12.1 Å². The molecule has 0 aliphatic carbocycles. The van der Waals surface area contributed by atoms with Crippen LogP contribution in [0.1, 0.15) is 26.5 Å². The van der Waals surface area contributed by atoms with Gasteiger partial charge in [-0.3, -0.25) is 0 Å². The van der Waals surface area contributed by atoms with E-state index in [0.29, 0.717) is 21.8 Å². The van der Waals surface area contributed by atoms with Crippen LogP contribution in [0.4, 0.5) is 13.2 Å². The van der Waals surface area contributed by atoms with Crippen LogP contribution in [0, 0.1) is 0 Å². The second-order valence-electron chi connectivity index (χ2n) is 5.39. The molecule has 0 saturated heterocycles. The molecule has 3 rings (SSSR count). The van der Waals surface area contributed by atoms with E-state index in [1.165, 1.54) is 29.5 Å². The van der Waals surface area contributed by atoms with Gasteiger partial charge in [0.05, 0.1) is 21.8 Å². The molecule has 3 aromatic rings. The fourth-order valence-electron chi connectivity index (χ4n) is 2.37. The van der Waals surface area contributed by atoms with Crippen molar-refractivity contribution in [1.29, 1.82) is 0 Å². The van der Waals surface area contributed by atoms with Crippen molar-refractivity contribution in [2.75, 3.05) is 0 Å². The van der Waals surface area contributed by atoms with Crippen LogP contribution in [0.15, 0.2) is 53.9 Å². The monoisotopic (exact) mass is 363 g/mol. The van der Waals surface area contributed by atoms with Crippen LogP contribution >= 0.6 is 11.3 Å². The van der Waals surface area contributed by atoms with Crippen LogP contribution in [0.2, 0.25) is 0 Å². The Morgan fingerprint density at radius 3 is 2.60 bits per heavy atom. The topological polar surface area (TPSA) is 50.2 Å². The number of thiazole rings is 1. The highest BCUT2D eigenvalue weighted by molar-refractivity contribution is 7.10. The largest absolute Gasteiger partial charge is 0.478 e. The second kappa shape index (κ2) is 6.68. The maximum absolute atomic E-state index is 12.8. The van der Waals surface area contributed by atoms with E-state index in [4.69, 9.17) is 5.11 Å². The third-order valence-corrected chi connectivity index (χ3v) is 4.42. The zero-order chi connectivity index (χ0) is 18.0. The number of halogens is 3. The Morgan fingerprint density at radius 1 is 1.12 bits per heavy atom. The maximum Gasteiger partial charge on any atom is 0.416 e. The van der Waals surface area contributed by atoms with Crippen LogP contribution in [0.3, 0.4) is 0 Å². The maximum atomic E-state index is 12.8. The fraction of sp³-hybridized carbons (Fsp3) is 0.111. The minimum absolute atomic E-state index is 0.157. The molecule has 0 saturated carbocycles. The zero-order valence-corrected chi connectivity index (χ0v) is 13.6. The Kier molecular flexibility index (Phi) is 4.59. The summed E-state index contributed by atoms with van der Waals surface area (Å²) in [5.41, 5.74) is 1.26. The van der Waals surface area contributed by atoms with Gasteiger partial charge in [-0.05, 0) is 23.8 Å². The summed E-state index contributed by atoms with van der Waals surface area (Å²) in [7, 11) is 0. The molecule has 2 aromatic carbocycles. The number of hydrogen-bond acceptors (Lipinski definition) is 3. The SMILES string of the molecule is O=C(O)c1cccc(-c2csc(Cc3cccc(C(F)(F)F)c3)n2)c1. The normalized spacial score (nSPS) is 11.5. The molecule has 0 unspecified atom stereocenters. The van der Waals surface area contributed by atoms with E-state index in [0.717, 1.165) is 12.1 Å². The average molecular weight is 363 g/mol. The van der Waals surface area contributed by atoms with Crippen molar-refractivity contribution in [2.24, 2.45) is 0 Å². The first-order valence-corrected chi connectivity index (χ1v) is 8.15. The number of hydrogen-bond donors (Lipinski definition) is 1. The minimum Gasteiger partial charge on any atom is -0.478 e. The van der Waals surface area contributed by atoms with Crippen molar-refractivity contribution >= 4 is 17.3 Å². The molecule has 0 amide bonds. The quantitative estimate of drug-likeness (QED) is 0.700. The van der Waals surface area contributed by atoms with Gasteiger partial charge < -0.3 is 5.11 Å². The van der Waals surface area contributed by atoms with E-state index in [9.17, 15) is 18.0 Å². The van der Waals surface area contributed by atoms with E-state index < -0.39 is 17.7 Å². The van der Waals surface area contributed by atoms with Gasteiger partial charge in [0.1, 0.15) is 0 Å². The van der Waals surface area contributed by atoms with Gasteiger partial charge in [-0.2, -0.15) is 13.2 Å². The predicted octanol–water partition coefficient (Wildman–Crippen LogP) is 5.12. The predicted molar refractivity (Wildman–Crippen MR) is 88.8 cm³/mol. The van der Waals surface area contributed by atoms with Gasteiger partial charge in [-0.1, -0.05) is 30.3 Å². The Labute approximate surface area is 145 Å². The van der Waals surface area contributed by atoms with Crippen molar-refractivity contribution in [1.82, 2.24) is 4.98 Å². The van der Waals surface area contributed by atoms with E-state index in [2.05, 4.69) is 4.98 Å². The highest BCUT2D eigenvalue weighted by atomic mass is 32.1. The Balaban J connectivity index is 1.83. The third kappa shape index (κ3) is 4.06. The molecule has 7 heteroatoms. The van der Waals surface area contributed by atoms with Gasteiger partial charge in [0.25, 0.3) is 0 Å². The summed E-state index contributed by atoms with van der Waals surface area (Å²) in [5.74, 6) is -1.03. The number of alkyl halides is 3. The smallest absolute Gasteiger partial charge is 0.416 e.